The van der Waals surface area contributed by atoms with E-state index in [9.17, 15) is 0 Å². The van der Waals surface area contributed by atoms with E-state index in [1.165, 1.54) is 53.1 Å². The number of para-hydroxylation sites is 3. The van der Waals surface area contributed by atoms with Gasteiger partial charge < -0.3 is 14.4 Å². The monoisotopic (exact) mass is 835 g/mol. The molecule has 0 fully saturated rings. The summed E-state index contributed by atoms with van der Waals surface area (Å²) in [5.41, 5.74) is 14.9. The van der Waals surface area contributed by atoms with Crippen LogP contribution in [-0.4, -0.2) is 4.57 Å². The van der Waals surface area contributed by atoms with Crippen molar-refractivity contribution < 1.29 is 0 Å². The topological polar surface area (TPSA) is 11.4 Å². The quantitative estimate of drug-likeness (QED) is 0.143. The van der Waals surface area contributed by atoms with Gasteiger partial charge in [-0.2, -0.15) is 0 Å². The van der Waals surface area contributed by atoms with Crippen LogP contribution in [0.15, 0.2) is 249 Å². The van der Waals surface area contributed by atoms with E-state index in [-0.39, 0.29) is 0 Å². The number of benzene rings is 10. The molecule has 64 heavy (non-hydrogen) atoms. The molecule has 0 saturated carbocycles. The van der Waals surface area contributed by atoms with E-state index in [1.54, 1.807) is 0 Å². The zero-order valence-electron chi connectivity index (χ0n) is 34.9. The largest absolute Gasteiger partial charge is 0.310 e. The van der Waals surface area contributed by atoms with Crippen LogP contribution >= 0.6 is 11.3 Å². The molecule has 0 aliphatic heterocycles. The Morgan fingerprint density at radius 2 is 0.672 bits per heavy atom. The predicted molar refractivity (Wildman–Crippen MR) is 274 cm³/mol. The third-order valence-corrected chi connectivity index (χ3v) is 13.5. The van der Waals surface area contributed by atoms with Crippen molar-refractivity contribution in [3.8, 4) is 27.9 Å². The van der Waals surface area contributed by atoms with Crippen LogP contribution in [0, 0.1) is 0 Å². The molecular formula is C60H41N3S. The van der Waals surface area contributed by atoms with Crippen LogP contribution < -0.4 is 9.80 Å². The number of hydrogen-bond acceptors (Lipinski definition) is 3. The minimum atomic E-state index is 1.10. The summed E-state index contributed by atoms with van der Waals surface area (Å²) < 4.78 is 4.97. The Morgan fingerprint density at radius 1 is 0.266 bits per heavy atom. The molecule has 0 N–H and O–H groups in total. The van der Waals surface area contributed by atoms with Crippen molar-refractivity contribution in [3.05, 3.63) is 249 Å². The Balaban J connectivity index is 0.902. The fourth-order valence-corrected chi connectivity index (χ4v) is 10.4. The van der Waals surface area contributed by atoms with Crippen LogP contribution in [0.2, 0.25) is 0 Å². The number of fused-ring (bicyclic) bond motifs is 6. The molecule has 0 amide bonds. The van der Waals surface area contributed by atoms with E-state index in [1.807, 2.05) is 11.3 Å². The lowest BCUT2D eigenvalue weighted by atomic mass is 10.0. The lowest BCUT2D eigenvalue weighted by Crippen LogP contribution is -2.10. The van der Waals surface area contributed by atoms with E-state index in [0.717, 1.165) is 50.9 Å². The summed E-state index contributed by atoms with van der Waals surface area (Å²) in [6.45, 7) is 0. The summed E-state index contributed by atoms with van der Waals surface area (Å²) in [7, 11) is 0. The molecule has 2 heterocycles. The van der Waals surface area contributed by atoms with Crippen LogP contribution in [0.25, 0.3) is 69.9 Å². The molecule has 10 aromatic carbocycles. The number of anilines is 6. The Hall–Kier alpha value is -8.18. The second kappa shape index (κ2) is 15.9. The summed E-state index contributed by atoms with van der Waals surface area (Å²) >= 11 is 1.85. The number of thiophene rings is 1. The van der Waals surface area contributed by atoms with Gasteiger partial charge in [0, 0.05) is 70.8 Å². The van der Waals surface area contributed by atoms with E-state index in [0.29, 0.717) is 0 Å². The first kappa shape index (κ1) is 37.6. The van der Waals surface area contributed by atoms with E-state index >= 15 is 0 Å². The van der Waals surface area contributed by atoms with E-state index < -0.39 is 0 Å². The second-order valence-corrected chi connectivity index (χ2v) is 17.3. The number of rotatable bonds is 9. The SMILES string of the molecule is c1ccc(-c2ccc(N(c3ccc(-c4ccc(N(c5ccccc5)c5ccc6c(c5)c5ccccc5n6-c5ccccc5)cc4)cc3)c3ccc4sc5ccccc5c4c3)cc2)cc1. The predicted octanol–water partition coefficient (Wildman–Crippen LogP) is 17.4. The molecule has 3 nitrogen and oxygen atoms in total. The minimum absolute atomic E-state index is 1.10. The van der Waals surface area contributed by atoms with Crippen LogP contribution in [0.4, 0.5) is 34.1 Å². The lowest BCUT2D eigenvalue weighted by molar-refractivity contribution is 1.18. The maximum Gasteiger partial charge on any atom is 0.0542 e. The number of aromatic nitrogens is 1. The summed E-state index contributed by atoms with van der Waals surface area (Å²) in [5.74, 6) is 0. The van der Waals surface area contributed by atoms with Gasteiger partial charge in [0.15, 0.2) is 0 Å². The van der Waals surface area contributed by atoms with Gasteiger partial charge in [0.05, 0.1) is 11.0 Å². The van der Waals surface area contributed by atoms with Crippen LogP contribution in [-0.2, 0) is 0 Å². The molecule has 0 bridgehead atoms. The van der Waals surface area contributed by atoms with E-state index in [2.05, 4.69) is 263 Å². The molecule has 0 aliphatic carbocycles. The first-order valence-corrected chi connectivity index (χ1v) is 22.6. The van der Waals surface area contributed by atoms with E-state index in [4.69, 9.17) is 0 Å². The van der Waals surface area contributed by atoms with Crippen molar-refractivity contribution >= 4 is 87.4 Å². The van der Waals surface area contributed by atoms with Crippen molar-refractivity contribution in [2.24, 2.45) is 0 Å². The van der Waals surface area contributed by atoms with Crippen molar-refractivity contribution in [1.29, 1.82) is 0 Å². The fourth-order valence-electron chi connectivity index (χ4n) is 9.32. The highest BCUT2D eigenvalue weighted by molar-refractivity contribution is 7.25. The smallest absolute Gasteiger partial charge is 0.0542 e. The van der Waals surface area contributed by atoms with Gasteiger partial charge in [-0.3, -0.25) is 0 Å². The summed E-state index contributed by atoms with van der Waals surface area (Å²) in [6.07, 6.45) is 0. The van der Waals surface area contributed by atoms with Crippen molar-refractivity contribution in [1.82, 2.24) is 4.57 Å². The molecule has 4 heteroatoms. The van der Waals surface area contributed by atoms with Gasteiger partial charge in [0.2, 0.25) is 0 Å². The van der Waals surface area contributed by atoms with Gasteiger partial charge in [-0.05, 0) is 131 Å². The Bertz CT molecular complexity index is 3580. The van der Waals surface area contributed by atoms with Gasteiger partial charge in [0.1, 0.15) is 0 Å². The molecule has 0 saturated heterocycles. The number of nitrogens with zero attached hydrogens (tertiary/aromatic N) is 3. The molecule has 0 spiro atoms. The summed E-state index contributed by atoms with van der Waals surface area (Å²) in [5, 5.41) is 5.03. The van der Waals surface area contributed by atoms with Gasteiger partial charge in [-0.25, -0.2) is 0 Å². The third kappa shape index (κ3) is 6.69. The standard InChI is InChI=1S/C60H41N3S/c1-4-14-42(15-5-1)43-24-30-49(31-25-43)62(52-37-39-60-56(41-52)54-21-11-13-23-59(54)64-60)50-34-28-45(29-35-50)44-26-32-48(33-27-44)61(46-16-6-2-7-17-46)51-36-38-58-55(40-51)53-20-10-12-22-57(53)63(58)47-18-8-3-9-19-47/h1-41H. The lowest BCUT2D eigenvalue weighted by Gasteiger charge is -2.26. The number of hydrogen-bond donors (Lipinski definition) is 0. The molecule has 0 atom stereocenters. The molecule has 0 aliphatic rings. The van der Waals surface area contributed by atoms with Crippen LogP contribution in [0.3, 0.4) is 0 Å². The molecule has 12 aromatic rings. The van der Waals surface area contributed by atoms with Crippen LogP contribution in [0.5, 0.6) is 0 Å². The second-order valence-electron chi connectivity index (χ2n) is 16.2. The highest BCUT2D eigenvalue weighted by Gasteiger charge is 2.19. The Kier molecular flexibility index (Phi) is 9.36. The average Bonchev–Trinajstić information content (AvgIpc) is 3.91. The molecule has 302 valence electrons. The van der Waals surface area contributed by atoms with Crippen molar-refractivity contribution in [2.45, 2.75) is 0 Å². The molecule has 2 aromatic heterocycles. The normalized spacial score (nSPS) is 11.4. The maximum absolute atomic E-state index is 2.37. The summed E-state index contributed by atoms with van der Waals surface area (Å²) in [6, 6.07) is 90.0. The highest BCUT2D eigenvalue weighted by Crippen LogP contribution is 2.43. The fraction of sp³-hybridized carbons (Fsp3) is 0. The summed E-state index contributed by atoms with van der Waals surface area (Å²) in [4.78, 5) is 4.73. The zero-order valence-corrected chi connectivity index (χ0v) is 35.7. The Labute approximate surface area is 376 Å². The van der Waals surface area contributed by atoms with Gasteiger partial charge in [-0.1, -0.05) is 140 Å². The first-order valence-electron chi connectivity index (χ1n) is 21.7. The average molecular weight is 836 g/mol. The van der Waals surface area contributed by atoms with Gasteiger partial charge in [0.25, 0.3) is 0 Å². The zero-order chi connectivity index (χ0) is 42.4. The Morgan fingerprint density at radius 3 is 1.28 bits per heavy atom. The van der Waals surface area contributed by atoms with Gasteiger partial charge in [-0.15, -0.1) is 11.3 Å². The van der Waals surface area contributed by atoms with Crippen molar-refractivity contribution in [3.63, 3.8) is 0 Å². The third-order valence-electron chi connectivity index (χ3n) is 12.4. The maximum atomic E-state index is 2.37. The molecular weight excluding hydrogens is 795 g/mol. The molecule has 0 unspecified atom stereocenters. The van der Waals surface area contributed by atoms with Gasteiger partial charge >= 0.3 is 0 Å². The molecule has 12 rings (SSSR count). The minimum Gasteiger partial charge on any atom is -0.310 e. The molecule has 0 radical (unpaired) electrons. The van der Waals surface area contributed by atoms with Crippen molar-refractivity contribution in [2.75, 3.05) is 9.80 Å². The first-order chi connectivity index (χ1) is 31.7. The highest BCUT2D eigenvalue weighted by atomic mass is 32.1. The van der Waals surface area contributed by atoms with Crippen LogP contribution in [0.1, 0.15) is 0 Å².